The van der Waals surface area contributed by atoms with Crippen molar-refractivity contribution < 1.29 is 8.42 Å². The van der Waals surface area contributed by atoms with Gasteiger partial charge in [0.2, 0.25) is 10.0 Å². The van der Waals surface area contributed by atoms with Gasteiger partial charge in [0, 0.05) is 25.2 Å². The Balaban J connectivity index is 1.77. The summed E-state index contributed by atoms with van der Waals surface area (Å²) in [5.41, 5.74) is 0. The van der Waals surface area contributed by atoms with Crippen LogP contribution in [0.1, 0.15) is 44.9 Å². The number of piperidine rings is 2. The predicted octanol–water partition coefficient (Wildman–Crippen LogP) is 1.09. The summed E-state index contributed by atoms with van der Waals surface area (Å²) in [5.74, 6) is 0. The van der Waals surface area contributed by atoms with E-state index in [1.165, 1.54) is 6.42 Å². The molecule has 0 aromatic rings. The summed E-state index contributed by atoms with van der Waals surface area (Å²) in [6.45, 7) is 1.57. The zero-order valence-corrected chi connectivity index (χ0v) is 11.1. The zero-order chi connectivity index (χ0) is 11.9. The molecule has 1 aliphatic carbocycles. The van der Waals surface area contributed by atoms with Crippen LogP contribution >= 0.6 is 0 Å². The summed E-state index contributed by atoms with van der Waals surface area (Å²) in [7, 11) is -3.02. The highest BCUT2D eigenvalue weighted by Gasteiger charge is 2.43. The third-order valence-corrected chi connectivity index (χ3v) is 7.01. The van der Waals surface area contributed by atoms with Crippen molar-refractivity contribution in [2.75, 3.05) is 13.1 Å². The molecule has 5 heteroatoms. The number of nitrogens with one attached hydrogen (secondary N) is 1. The summed E-state index contributed by atoms with van der Waals surface area (Å²) in [4.78, 5) is 0. The Morgan fingerprint density at radius 3 is 2.29 bits per heavy atom. The maximum atomic E-state index is 12.6. The third-order valence-electron chi connectivity index (χ3n) is 4.60. The largest absolute Gasteiger partial charge is 0.311 e. The van der Waals surface area contributed by atoms with Crippen molar-refractivity contribution in [3.63, 3.8) is 0 Å². The Morgan fingerprint density at radius 1 is 1.00 bits per heavy atom. The third kappa shape index (κ3) is 2.13. The Hall–Kier alpha value is -0.130. The number of piperazine rings is 1. The van der Waals surface area contributed by atoms with Gasteiger partial charge in [-0.1, -0.05) is 19.3 Å². The first kappa shape index (κ1) is 11.9. The van der Waals surface area contributed by atoms with E-state index < -0.39 is 10.0 Å². The first-order valence-electron chi connectivity index (χ1n) is 6.92. The fraction of sp³-hybridized carbons (Fsp3) is 1.00. The number of rotatable bonds is 2. The standard InChI is InChI=1S/C12H22N2O2S/c15-17(16,12-4-2-1-3-5-12)14-9-10-6-7-11(14)8-13-10/h10-13H,1-9H2. The molecule has 2 atom stereocenters. The van der Waals surface area contributed by atoms with Crippen LogP contribution in [0.25, 0.3) is 0 Å². The first-order valence-corrected chi connectivity index (χ1v) is 8.42. The van der Waals surface area contributed by atoms with Gasteiger partial charge in [0.15, 0.2) is 0 Å². The molecule has 0 radical (unpaired) electrons. The second-order valence-corrected chi connectivity index (χ2v) is 7.88. The molecular formula is C12H22N2O2S. The van der Waals surface area contributed by atoms with Crippen LogP contribution in [0.2, 0.25) is 0 Å². The second kappa shape index (κ2) is 4.52. The molecule has 4 aliphatic rings. The molecule has 3 aliphatic heterocycles. The van der Waals surface area contributed by atoms with E-state index >= 15 is 0 Å². The van der Waals surface area contributed by atoms with Gasteiger partial charge in [-0.15, -0.1) is 0 Å². The van der Waals surface area contributed by atoms with Crippen LogP contribution in [0.4, 0.5) is 0 Å². The van der Waals surface area contributed by atoms with Gasteiger partial charge < -0.3 is 5.32 Å². The van der Waals surface area contributed by atoms with E-state index in [0.717, 1.165) is 45.1 Å². The van der Waals surface area contributed by atoms with Gasteiger partial charge in [-0.25, -0.2) is 8.42 Å². The smallest absolute Gasteiger partial charge is 0.217 e. The Morgan fingerprint density at radius 2 is 1.76 bits per heavy atom. The maximum Gasteiger partial charge on any atom is 0.217 e. The molecule has 3 heterocycles. The number of hydrogen-bond donors (Lipinski definition) is 1. The summed E-state index contributed by atoms with van der Waals surface area (Å²) < 4.78 is 27.1. The van der Waals surface area contributed by atoms with Crippen molar-refractivity contribution >= 4 is 10.0 Å². The lowest BCUT2D eigenvalue weighted by molar-refractivity contribution is 0.149. The molecule has 4 rings (SSSR count). The monoisotopic (exact) mass is 258 g/mol. The van der Waals surface area contributed by atoms with Crippen molar-refractivity contribution in [3.05, 3.63) is 0 Å². The van der Waals surface area contributed by atoms with Crippen LogP contribution in [0.15, 0.2) is 0 Å². The molecular weight excluding hydrogens is 236 g/mol. The van der Waals surface area contributed by atoms with E-state index in [9.17, 15) is 8.42 Å². The van der Waals surface area contributed by atoms with Gasteiger partial charge in [-0.3, -0.25) is 0 Å². The average molecular weight is 258 g/mol. The van der Waals surface area contributed by atoms with E-state index in [1.807, 2.05) is 4.31 Å². The Kier molecular flexibility index (Phi) is 3.17. The summed E-state index contributed by atoms with van der Waals surface area (Å²) in [5, 5.41) is 3.33. The van der Waals surface area contributed by atoms with Crippen LogP contribution in [0.5, 0.6) is 0 Å². The minimum absolute atomic E-state index is 0.0874. The normalized spacial score (nSPS) is 36.2. The number of nitrogens with zero attached hydrogens (tertiary/aromatic N) is 1. The zero-order valence-electron chi connectivity index (χ0n) is 10.3. The second-order valence-electron chi connectivity index (χ2n) is 5.71. The number of fused-ring (bicyclic) bond motifs is 3. The molecule has 0 amide bonds. The molecule has 98 valence electrons. The van der Waals surface area contributed by atoms with E-state index in [2.05, 4.69) is 5.32 Å². The SMILES string of the molecule is O=S(=O)(C1CCCCC1)N1CC2CCC1CN2. The van der Waals surface area contributed by atoms with Crippen LogP contribution in [0.3, 0.4) is 0 Å². The van der Waals surface area contributed by atoms with Gasteiger partial charge in [-0.2, -0.15) is 4.31 Å². The van der Waals surface area contributed by atoms with E-state index in [-0.39, 0.29) is 11.3 Å². The van der Waals surface area contributed by atoms with Gasteiger partial charge in [0.25, 0.3) is 0 Å². The van der Waals surface area contributed by atoms with Gasteiger partial charge in [0.05, 0.1) is 5.25 Å². The highest BCUT2D eigenvalue weighted by atomic mass is 32.2. The molecule has 4 nitrogen and oxygen atoms in total. The highest BCUT2D eigenvalue weighted by molar-refractivity contribution is 7.89. The lowest BCUT2D eigenvalue weighted by Gasteiger charge is -2.46. The van der Waals surface area contributed by atoms with Gasteiger partial charge in [-0.05, 0) is 25.7 Å². The van der Waals surface area contributed by atoms with Crippen molar-refractivity contribution in [1.29, 1.82) is 0 Å². The maximum absolute atomic E-state index is 12.6. The summed E-state index contributed by atoms with van der Waals surface area (Å²) in [6, 6.07) is 0.630. The number of sulfonamides is 1. The fourth-order valence-electron chi connectivity index (χ4n) is 3.53. The van der Waals surface area contributed by atoms with Gasteiger partial charge >= 0.3 is 0 Å². The topological polar surface area (TPSA) is 49.4 Å². The van der Waals surface area contributed by atoms with Crippen LogP contribution in [0, 0.1) is 0 Å². The highest BCUT2D eigenvalue weighted by Crippen LogP contribution is 2.31. The van der Waals surface area contributed by atoms with E-state index in [0.29, 0.717) is 12.6 Å². The summed E-state index contributed by atoms with van der Waals surface area (Å²) >= 11 is 0. The number of hydrogen-bond acceptors (Lipinski definition) is 3. The Labute approximate surface area is 104 Å². The van der Waals surface area contributed by atoms with Crippen LogP contribution < -0.4 is 5.32 Å². The summed E-state index contributed by atoms with van der Waals surface area (Å²) in [6.07, 6.45) is 7.33. The van der Waals surface area contributed by atoms with Crippen molar-refractivity contribution in [2.45, 2.75) is 62.3 Å². The van der Waals surface area contributed by atoms with Crippen molar-refractivity contribution in [3.8, 4) is 0 Å². The lowest BCUT2D eigenvalue weighted by atomic mass is 9.96. The van der Waals surface area contributed by atoms with Crippen LogP contribution in [-0.2, 0) is 10.0 Å². The van der Waals surface area contributed by atoms with Crippen molar-refractivity contribution in [1.82, 2.24) is 9.62 Å². The Bertz CT molecular complexity index is 368. The molecule has 1 N–H and O–H groups in total. The molecule has 0 aromatic heterocycles. The fourth-order valence-corrected chi connectivity index (χ4v) is 5.83. The molecule has 3 saturated heterocycles. The van der Waals surface area contributed by atoms with Gasteiger partial charge in [0.1, 0.15) is 0 Å². The minimum Gasteiger partial charge on any atom is -0.311 e. The average Bonchev–Trinajstić information content (AvgIpc) is 2.41. The quantitative estimate of drug-likeness (QED) is 0.806. The predicted molar refractivity (Wildman–Crippen MR) is 67.3 cm³/mol. The molecule has 4 fully saturated rings. The molecule has 2 unspecified atom stereocenters. The molecule has 0 spiro atoms. The van der Waals surface area contributed by atoms with Crippen LogP contribution in [-0.4, -0.2) is 43.1 Å². The van der Waals surface area contributed by atoms with E-state index in [1.54, 1.807) is 0 Å². The molecule has 17 heavy (non-hydrogen) atoms. The first-order chi connectivity index (χ1) is 8.18. The molecule has 0 aromatic carbocycles. The molecule has 1 saturated carbocycles. The van der Waals surface area contributed by atoms with Crippen molar-refractivity contribution in [2.24, 2.45) is 0 Å². The lowest BCUT2D eigenvalue weighted by Crippen LogP contribution is -2.63. The van der Waals surface area contributed by atoms with E-state index in [4.69, 9.17) is 0 Å². The minimum atomic E-state index is -3.02. The molecule has 2 bridgehead atoms.